The topological polar surface area (TPSA) is 84.0 Å². The third-order valence-corrected chi connectivity index (χ3v) is 6.39. The van der Waals surface area contributed by atoms with Crippen molar-refractivity contribution < 1.29 is 9.59 Å². The molecule has 0 saturated heterocycles. The van der Waals surface area contributed by atoms with Crippen molar-refractivity contribution in [2.75, 3.05) is 10.6 Å². The number of para-hydroxylation sites is 1. The second-order valence-corrected chi connectivity index (χ2v) is 8.24. The van der Waals surface area contributed by atoms with Crippen LogP contribution < -0.4 is 10.6 Å². The van der Waals surface area contributed by atoms with Gasteiger partial charge in [-0.25, -0.2) is 4.98 Å². The third-order valence-electron chi connectivity index (χ3n) is 4.02. The van der Waals surface area contributed by atoms with Gasteiger partial charge in [0, 0.05) is 17.5 Å². The number of pyridine rings is 1. The fourth-order valence-corrected chi connectivity index (χ4v) is 4.82. The molecule has 0 spiro atoms. The summed E-state index contributed by atoms with van der Waals surface area (Å²) in [6.07, 6.45) is 1.81. The first kappa shape index (κ1) is 17.7. The van der Waals surface area contributed by atoms with Crippen LogP contribution in [0.5, 0.6) is 0 Å². The zero-order valence-corrected chi connectivity index (χ0v) is 16.1. The quantitative estimate of drug-likeness (QED) is 0.697. The van der Waals surface area contributed by atoms with Crippen LogP contribution in [-0.2, 0) is 9.59 Å². The predicted octanol–water partition coefficient (Wildman–Crippen LogP) is 3.96. The molecular formula is C19H16N4O2S2. The second kappa shape index (κ2) is 7.50. The van der Waals surface area contributed by atoms with Gasteiger partial charge >= 0.3 is 0 Å². The van der Waals surface area contributed by atoms with Gasteiger partial charge in [0.05, 0.1) is 27.2 Å². The molecule has 4 rings (SSSR count). The number of amides is 2. The monoisotopic (exact) mass is 396 g/mol. The number of thiazole rings is 1. The van der Waals surface area contributed by atoms with E-state index in [1.165, 1.54) is 23.1 Å². The fourth-order valence-electron chi connectivity index (χ4n) is 2.75. The molecule has 1 aliphatic rings. The van der Waals surface area contributed by atoms with Crippen LogP contribution in [0.1, 0.15) is 12.1 Å². The van der Waals surface area contributed by atoms with Gasteiger partial charge in [0.15, 0.2) is 5.13 Å². The van der Waals surface area contributed by atoms with Gasteiger partial charge in [-0.2, -0.15) is 0 Å². The van der Waals surface area contributed by atoms with E-state index < -0.39 is 5.25 Å². The summed E-state index contributed by atoms with van der Waals surface area (Å²) in [5.74, 6) is -0.387. The Labute approximate surface area is 164 Å². The number of rotatable bonds is 4. The molecule has 2 aromatic heterocycles. The summed E-state index contributed by atoms with van der Waals surface area (Å²) in [7, 11) is 0. The molecule has 2 N–H and O–H groups in total. The molecule has 0 unspecified atom stereocenters. The number of carbonyl (C=O) groups is 2. The SMILES string of the molecule is Cc1nc(NC(=O)C[C@H]2Sc3ccccc3NC2=O)sc1-c1ccccn1. The molecule has 3 aromatic rings. The molecule has 136 valence electrons. The van der Waals surface area contributed by atoms with Crippen molar-refractivity contribution in [1.29, 1.82) is 0 Å². The number of nitrogens with one attached hydrogen (secondary N) is 2. The lowest BCUT2D eigenvalue weighted by atomic mass is 10.2. The van der Waals surface area contributed by atoms with Crippen LogP contribution in [0.25, 0.3) is 10.6 Å². The molecule has 1 aliphatic heterocycles. The van der Waals surface area contributed by atoms with Crippen LogP contribution in [0.2, 0.25) is 0 Å². The molecule has 27 heavy (non-hydrogen) atoms. The second-order valence-electron chi connectivity index (χ2n) is 5.99. The maximum Gasteiger partial charge on any atom is 0.238 e. The summed E-state index contributed by atoms with van der Waals surface area (Å²) >= 11 is 2.79. The van der Waals surface area contributed by atoms with Crippen LogP contribution in [0.15, 0.2) is 53.6 Å². The largest absolute Gasteiger partial charge is 0.324 e. The van der Waals surface area contributed by atoms with E-state index in [9.17, 15) is 9.59 Å². The average Bonchev–Trinajstić information content (AvgIpc) is 3.03. The molecule has 0 radical (unpaired) electrons. The fraction of sp³-hybridized carbons (Fsp3) is 0.158. The standard InChI is InChI=1S/C19H16N4O2S2/c1-11-17(13-7-4-5-9-20-13)27-19(21-11)23-16(24)10-15-18(25)22-12-6-2-3-8-14(12)26-15/h2-9,15H,10H2,1H3,(H,22,25)(H,21,23,24)/t15-/m1/s1. The number of thioether (sulfide) groups is 1. The van der Waals surface area contributed by atoms with Crippen LogP contribution in [0.4, 0.5) is 10.8 Å². The van der Waals surface area contributed by atoms with Crippen molar-refractivity contribution in [3.63, 3.8) is 0 Å². The minimum Gasteiger partial charge on any atom is -0.324 e. The van der Waals surface area contributed by atoms with Crippen molar-refractivity contribution in [2.24, 2.45) is 0 Å². The summed E-state index contributed by atoms with van der Waals surface area (Å²) in [6, 6.07) is 13.3. The Kier molecular flexibility index (Phi) is 4.91. The molecule has 0 bridgehead atoms. The molecular weight excluding hydrogens is 380 g/mol. The Morgan fingerprint density at radius 1 is 1.22 bits per heavy atom. The first-order valence-electron chi connectivity index (χ1n) is 8.35. The van der Waals surface area contributed by atoms with Crippen molar-refractivity contribution in [3.05, 3.63) is 54.4 Å². The van der Waals surface area contributed by atoms with E-state index in [-0.39, 0.29) is 18.2 Å². The van der Waals surface area contributed by atoms with E-state index in [1.54, 1.807) is 6.20 Å². The Morgan fingerprint density at radius 2 is 2.04 bits per heavy atom. The molecule has 1 aromatic carbocycles. The first-order valence-corrected chi connectivity index (χ1v) is 10.0. The van der Waals surface area contributed by atoms with E-state index in [4.69, 9.17) is 0 Å². The Morgan fingerprint density at radius 3 is 2.85 bits per heavy atom. The van der Waals surface area contributed by atoms with Gasteiger partial charge in [-0.05, 0) is 31.2 Å². The number of hydrogen-bond donors (Lipinski definition) is 2. The van der Waals surface area contributed by atoms with Gasteiger partial charge in [0.1, 0.15) is 0 Å². The predicted molar refractivity (Wildman–Crippen MR) is 108 cm³/mol. The molecule has 2 amide bonds. The summed E-state index contributed by atoms with van der Waals surface area (Å²) in [6.45, 7) is 1.89. The van der Waals surface area contributed by atoms with Gasteiger partial charge in [0.25, 0.3) is 0 Å². The lowest BCUT2D eigenvalue weighted by Crippen LogP contribution is -2.32. The lowest BCUT2D eigenvalue weighted by Gasteiger charge is -2.23. The highest BCUT2D eigenvalue weighted by Gasteiger charge is 2.29. The van der Waals surface area contributed by atoms with Gasteiger partial charge in [-0.15, -0.1) is 11.8 Å². The number of fused-ring (bicyclic) bond motifs is 1. The summed E-state index contributed by atoms with van der Waals surface area (Å²) < 4.78 is 0. The van der Waals surface area contributed by atoms with Crippen LogP contribution >= 0.6 is 23.1 Å². The number of anilines is 2. The molecule has 1 atom stereocenters. The van der Waals surface area contributed by atoms with E-state index >= 15 is 0 Å². The molecule has 0 fully saturated rings. The minimum absolute atomic E-state index is 0.0857. The number of carbonyl (C=O) groups excluding carboxylic acids is 2. The molecule has 8 heteroatoms. The molecule has 0 saturated carbocycles. The van der Waals surface area contributed by atoms with Crippen molar-refractivity contribution >= 4 is 45.7 Å². The number of aromatic nitrogens is 2. The van der Waals surface area contributed by atoms with Crippen molar-refractivity contribution in [1.82, 2.24) is 9.97 Å². The third kappa shape index (κ3) is 3.86. The highest BCUT2D eigenvalue weighted by atomic mass is 32.2. The first-order chi connectivity index (χ1) is 13.1. The Balaban J connectivity index is 1.44. The molecule has 3 heterocycles. The zero-order valence-electron chi connectivity index (χ0n) is 14.4. The smallest absolute Gasteiger partial charge is 0.238 e. The van der Waals surface area contributed by atoms with E-state index in [1.807, 2.05) is 49.4 Å². The molecule has 6 nitrogen and oxygen atoms in total. The van der Waals surface area contributed by atoms with Crippen molar-refractivity contribution in [2.45, 2.75) is 23.5 Å². The number of hydrogen-bond acceptors (Lipinski definition) is 6. The normalized spacial score (nSPS) is 15.7. The van der Waals surface area contributed by atoms with E-state index in [2.05, 4.69) is 20.6 Å². The number of benzene rings is 1. The van der Waals surface area contributed by atoms with E-state index in [0.29, 0.717) is 5.13 Å². The van der Waals surface area contributed by atoms with Gasteiger partial charge in [-0.3, -0.25) is 14.6 Å². The van der Waals surface area contributed by atoms with Crippen LogP contribution in [0.3, 0.4) is 0 Å². The summed E-state index contributed by atoms with van der Waals surface area (Å²) in [5, 5.41) is 5.72. The van der Waals surface area contributed by atoms with Crippen LogP contribution in [0, 0.1) is 6.92 Å². The van der Waals surface area contributed by atoms with Gasteiger partial charge < -0.3 is 10.6 Å². The highest BCUT2D eigenvalue weighted by Crippen LogP contribution is 2.37. The maximum absolute atomic E-state index is 12.4. The van der Waals surface area contributed by atoms with Gasteiger partial charge in [-0.1, -0.05) is 29.5 Å². The maximum atomic E-state index is 12.4. The Bertz CT molecular complexity index is 1000. The minimum atomic E-state index is -0.462. The van der Waals surface area contributed by atoms with Gasteiger partial charge in [0.2, 0.25) is 11.8 Å². The summed E-state index contributed by atoms with van der Waals surface area (Å²) in [4.78, 5) is 35.3. The zero-order chi connectivity index (χ0) is 18.8. The Hall–Kier alpha value is -2.71. The summed E-state index contributed by atoms with van der Waals surface area (Å²) in [5.41, 5.74) is 2.43. The van der Waals surface area contributed by atoms with Crippen molar-refractivity contribution in [3.8, 4) is 10.6 Å². The van der Waals surface area contributed by atoms with E-state index in [0.717, 1.165) is 26.8 Å². The van der Waals surface area contributed by atoms with Crippen LogP contribution in [-0.4, -0.2) is 27.0 Å². The highest BCUT2D eigenvalue weighted by molar-refractivity contribution is 8.01. The number of aryl methyl sites for hydroxylation is 1. The molecule has 0 aliphatic carbocycles. The average molecular weight is 396 g/mol. The number of nitrogens with zero attached hydrogens (tertiary/aromatic N) is 2. The lowest BCUT2D eigenvalue weighted by molar-refractivity contribution is -0.120.